The predicted octanol–water partition coefficient (Wildman–Crippen LogP) is 3.36. The van der Waals surface area contributed by atoms with Gasteiger partial charge in [0.15, 0.2) is 0 Å². The van der Waals surface area contributed by atoms with Gasteiger partial charge in [-0.1, -0.05) is 18.3 Å². The van der Waals surface area contributed by atoms with Crippen molar-refractivity contribution in [3.05, 3.63) is 52.5 Å². The Morgan fingerprint density at radius 3 is 2.83 bits per heavy atom. The molecule has 6 heteroatoms. The zero-order valence-corrected chi connectivity index (χ0v) is 11.6. The largest absolute Gasteiger partial charge is 0.389 e. The van der Waals surface area contributed by atoms with E-state index in [4.69, 9.17) is 18.0 Å². The van der Waals surface area contributed by atoms with Gasteiger partial charge in [0.2, 0.25) is 0 Å². The van der Waals surface area contributed by atoms with Gasteiger partial charge in [-0.3, -0.25) is 4.98 Å². The molecule has 0 atom stereocenters. The quantitative estimate of drug-likeness (QED) is 0.849. The maximum absolute atomic E-state index is 13.7. The second-order valence-electron chi connectivity index (χ2n) is 3.54. The van der Waals surface area contributed by atoms with E-state index in [2.05, 4.69) is 26.2 Å². The second-order valence-corrected chi connectivity index (χ2v) is 4.90. The summed E-state index contributed by atoms with van der Waals surface area (Å²) in [6.45, 7) is 0. The Bertz CT molecular complexity index is 604. The highest BCUT2D eigenvalue weighted by atomic mass is 79.9. The summed E-state index contributed by atoms with van der Waals surface area (Å²) in [7, 11) is 0. The summed E-state index contributed by atoms with van der Waals surface area (Å²) in [6, 6.07) is 6.43. The summed E-state index contributed by atoms with van der Waals surface area (Å²) >= 11 is 8.16. The van der Waals surface area contributed by atoms with Crippen molar-refractivity contribution in [3.8, 4) is 0 Å². The van der Waals surface area contributed by atoms with Crippen molar-refractivity contribution in [2.75, 3.05) is 5.32 Å². The molecule has 92 valence electrons. The van der Waals surface area contributed by atoms with Crippen LogP contribution in [-0.4, -0.2) is 9.97 Å². The van der Waals surface area contributed by atoms with Crippen molar-refractivity contribution in [2.24, 2.45) is 5.73 Å². The molecule has 0 aliphatic heterocycles. The molecule has 0 saturated carbocycles. The minimum Gasteiger partial charge on any atom is -0.389 e. The van der Waals surface area contributed by atoms with E-state index in [1.54, 1.807) is 24.5 Å². The smallest absolute Gasteiger partial charge is 0.135 e. The number of nitrogens with zero attached hydrogens (tertiary/aromatic N) is 1. The molecule has 3 N–H and O–H groups in total. The van der Waals surface area contributed by atoms with E-state index in [-0.39, 0.29) is 10.6 Å². The normalized spacial score (nSPS) is 10.1. The summed E-state index contributed by atoms with van der Waals surface area (Å²) in [5.74, 6) is -0.449. The highest BCUT2D eigenvalue weighted by Crippen LogP contribution is 2.24. The van der Waals surface area contributed by atoms with Gasteiger partial charge in [-0.25, -0.2) is 4.39 Å². The Morgan fingerprint density at radius 2 is 2.17 bits per heavy atom. The number of rotatable bonds is 3. The molecule has 2 rings (SSSR count). The van der Waals surface area contributed by atoms with E-state index in [0.717, 1.165) is 4.47 Å². The number of pyridine rings is 1. The number of hydrogen-bond acceptors (Lipinski definition) is 3. The van der Waals surface area contributed by atoms with Crippen molar-refractivity contribution in [3.63, 3.8) is 0 Å². The maximum atomic E-state index is 13.7. The van der Waals surface area contributed by atoms with E-state index in [1.165, 1.54) is 6.07 Å². The summed E-state index contributed by atoms with van der Waals surface area (Å²) in [6.07, 6.45) is 3.28. The Balaban J connectivity index is 2.40. The molecule has 0 aliphatic rings. The molecule has 1 heterocycles. The van der Waals surface area contributed by atoms with E-state index in [9.17, 15) is 4.39 Å². The molecule has 2 aromatic rings. The fourth-order valence-electron chi connectivity index (χ4n) is 1.51. The number of nitrogens with one attached hydrogen (secondary N) is 1. The fourth-order valence-corrected chi connectivity index (χ4v) is 2.09. The van der Waals surface area contributed by atoms with Gasteiger partial charge in [0.05, 0.1) is 23.1 Å². The standard InChI is InChI=1S/C12H9BrFN3S/c13-7-4-8(6-16-5-7)17-10-3-1-2-9(14)11(10)12(15)18/h1-6,17H,(H2,15,18). The van der Waals surface area contributed by atoms with Gasteiger partial charge in [0.1, 0.15) is 10.8 Å². The third kappa shape index (κ3) is 2.83. The zero-order valence-electron chi connectivity index (χ0n) is 9.15. The summed E-state index contributed by atoms with van der Waals surface area (Å²) in [4.78, 5) is 4.02. The van der Waals surface area contributed by atoms with Crippen molar-refractivity contribution in [1.29, 1.82) is 0 Å². The molecule has 0 aliphatic carbocycles. The van der Waals surface area contributed by atoms with Gasteiger partial charge in [-0.2, -0.15) is 0 Å². The number of nitrogens with two attached hydrogens (primary N) is 1. The van der Waals surface area contributed by atoms with Crippen molar-refractivity contribution in [2.45, 2.75) is 0 Å². The summed E-state index contributed by atoms with van der Waals surface area (Å²) < 4.78 is 14.5. The highest BCUT2D eigenvalue weighted by molar-refractivity contribution is 9.10. The zero-order chi connectivity index (χ0) is 13.1. The fraction of sp³-hybridized carbons (Fsp3) is 0. The molecule has 1 aromatic heterocycles. The lowest BCUT2D eigenvalue weighted by Crippen LogP contribution is -2.14. The average molecular weight is 326 g/mol. The molecule has 0 spiro atoms. The number of thiocarbonyl (C=S) groups is 1. The van der Waals surface area contributed by atoms with Gasteiger partial charge in [0.25, 0.3) is 0 Å². The number of hydrogen-bond donors (Lipinski definition) is 2. The first-order valence-electron chi connectivity index (χ1n) is 5.04. The van der Waals surface area contributed by atoms with Crippen LogP contribution in [0.1, 0.15) is 5.56 Å². The Kier molecular flexibility index (Phi) is 3.88. The third-order valence-corrected chi connectivity index (χ3v) is 2.88. The number of halogens is 2. The van der Waals surface area contributed by atoms with E-state index in [0.29, 0.717) is 11.4 Å². The topological polar surface area (TPSA) is 50.9 Å². The van der Waals surface area contributed by atoms with Gasteiger partial charge in [-0.05, 0) is 34.1 Å². The predicted molar refractivity (Wildman–Crippen MR) is 77.5 cm³/mol. The first-order chi connectivity index (χ1) is 8.58. The van der Waals surface area contributed by atoms with Crippen LogP contribution < -0.4 is 11.1 Å². The molecule has 0 fully saturated rings. The van der Waals surface area contributed by atoms with Crippen LogP contribution in [0.3, 0.4) is 0 Å². The van der Waals surface area contributed by atoms with Crippen LogP contribution in [-0.2, 0) is 0 Å². The minimum absolute atomic E-state index is 0.0126. The SMILES string of the molecule is NC(=S)c1c(F)cccc1Nc1cncc(Br)c1. The van der Waals surface area contributed by atoms with E-state index in [1.807, 2.05) is 6.07 Å². The number of benzene rings is 1. The third-order valence-electron chi connectivity index (χ3n) is 2.24. The molecular weight excluding hydrogens is 317 g/mol. The van der Waals surface area contributed by atoms with Crippen molar-refractivity contribution < 1.29 is 4.39 Å². The minimum atomic E-state index is -0.449. The Hall–Kier alpha value is -1.53. The molecule has 0 unspecified atom stereocenters. The molecular formula is C12H9BrFN3S. The van der Waals surface area contributed by atoms with Crippen LogP contribution in [0.4, 0.5) is 15.8 Å². The lowest BCUT2D eigenvalue weighted by Gasteiger charge is -2.11. The number of anilines is 2. The van der Waals surface area contributed by atoms with Crippen LogP contribution in [0.15, 0.2) is 41.1 Å². The lowest BCUT2D eigenvalue weighted by atomic mass is 10.1. The molecule has 1 aromatic carbocycles. The Morgan fingerprint density at radius 1 is 1.39 bits per heavy atom. The Labute approximate surface area is 117 Å². The van der Waals surface area contributed by atoms with Crippen LogP contribution in [0, 0.1) is 5.82 Å². The van der Waals surface area contributed by atoms with Gasteiger partial charge in [-0.15, -0.1) is 0 Å². The first-order valence-corrected chi connectivity index (χ1v) is 6.24. The second kappa shape index (κ2) is 5.41. The van der Waals surface area contributed by atoms with Crippen LogP contribution in [0.25, 0.3) is 0 Å². The van der Waals surface area contributed by atoms with Crippen LogP contribution >= 0.6 is 28.1 Å². The lowest BCUT2D eigenvalue weighted by molar-refractivity contribution is 0.626. The van der Waals surface area contributed by atoms with Crippen LogP contribution in [0.2, 0.25) is 0 Å². The molecule has 3 nitrogen and oxygen atoms in total. The highest BCUT2D eigenvalue weighted by Gasteiger charge is 2.11. The average Bonchev–Trinajstić information content (AvgIpc) is 2.28. The maximum Gasteiger partial charge on any atom is 0.135 e. The van der Waals surface area contributed by atoms with E-state index < -0.39 is 5.82 Å². The van der Waals surface area contributed by atoms with Gasteiger partial charge < -0.3 is 11.1 Å². The first kappa shape index (κ1) is 12.9. The van der Waals surface area contributed by atoms with Crippen LogP contribution in [0.5, 0.6) is 0 Å². The molecule has 0 radical (unpaired) electrons. The van der Waals surface area contributed by atoms with Gasteiger partial charge >= 0.3 is 0 Å². The molecule has 0 saturated heterocycles. The van der Waals surface area contributed by atoms with Crippen molar-refractivity contribution in [1.82, 2.24) is 4.98 Å². The molecule has 0 amide bonds. The number of aromatic nitrogens is 1. The monoisotopic (exact) mass is 325 g/mol. The van der Waals surface area contributed by atoms with Crippen molar-refractivity contribution >= 4 is 44.5 Å². The molecule has 0 bridgehead atoms. The summed E-state index contributed by atoms with van der Waals surface area (Å²) in [5.41, 5.74) is 6.96. The summed E-state index contributed by atoms with van der Waals surface area (Å²) in [5, 5.41) is 3.04. The van der Waals surface area contributed by atoms with E-state index >= 15 is 0 Å². The molecule has 18 heavy (non-hydrogen) atoms. The van der Waals surface area contributed by atoms with Gasteiger partial charge in [0, 0.05) is 10.7 Å².